The van der Waals surface area contributed by atoms with Crippen LogP contribution < -0.4 is 0 Å². The average Bonchev–Trinajstić information content (AvgIpc) is 2.03. The van der Waals surface area contributed by atoms with Gasteiger partial charge in [0, 0.05) is 19.6 Å². The first kappa shape index (κ1) is 13.6. The van der Waals surface area contributed by atoms with Gasteiger partial charge in [-0.3, -0.25) is 0 Å². The van der Waals surface area contributed by atoms with Crippen LogP contribution >= 0.6 is 0 Å². The van der Waals surface area contributed by atoms with Gasteiger partial charge < -0.3 is 14.6 Å². The molecule has 14 heavy (non-hydrogen) atoms. The summed E-state index contributed by atoms with van der Waals surface area (Å²) in [5, 5.41) is 9.14. The molecule has 1 N–H and O–H groups in total. The van der Waals surface area contributed by atoms with E-state index in [-0.39, 0.29) is 6.29 Å². The molecule has 0 aliphatic rings. The normalized spacial score (nSPS) is 14.9. The van der Waals surface area contributed by atoms with Crippen LogP contribution in [-0.2, 0) is 9.47 Å². The molecular weight excluding hydrogens is 180 g/mol. The molecule has 0 saturated carbocycles. The molecule has 0 bridgehead atoms. The zero-order valence-electron chi connectivity index (χ0n) is 9.62. The van der Waals surface area contributed by atoms with Crippen molar-refractivity contribution in [1.82, 2.24) is 0 Å². The van der Waals surface area contributed by atoms with E-state index in [9.17, 15) is 0 Å². The molecule has 0 aromatic rings. The van der Waals surface area contributed by atoms with Crippen LogP contribution in [0.4, 0.5) is 0 Å². The molecule has 3 nitrogen and oxygen atoms in total. The lowest BCUT2D eigenvalue weighted by Crippen LogP contribution is -2.17. The van der Waals surface area contributed by atoms with Crippen molar-refractivity contribution < 1.29 is 14.6 Å². The van der Waals surface area contributed by atoms with E-state index < -0.39 is 6.10 Å². The Labute approximate surface area is 86.7 Å². The highest BCUT2D eigenvalue weighted by Gasteiger charge is 2.08. The molecule has 0 fully saturated rings. The third-order valence-corrected chi connectivity index (χ3v) is 1.72. The van der Waals surface area contributed by atoms with Crippen molar-refractivity contribution in [2.24, 2.45) is 0 Å². The number of aliphatic hydroxyl groups is 1. The van der Waals surface area contributed by atoms with E-state index in [0.29, 0.717) is 19.6 Å². The second-order valence-corrected chi connectivity index (χ2v) is 3.30. The van der Waals surface area contributed by atoms with Crippen molar-refractivity contribution in [3.8, 4) is 0 Å². The molecule has 0 aromatic carbocycles. The first-order chi connectivity index (χ1) is 6.60. The van der Waals surface area contributed by atoms with Crippen LogP contribution in [0.3, 0.4) is 0 Å². The van der Waals surface area contributed by atoms with Gasteiger partial charge in [0.25, 0.3) is 0 Å². The summed E-state index contributed by atoms with van der Waals surface area (Å²) in [5.41, 5.74) is 1.09. The van der Waals surface area contributed by atoms with Gasteiger partial charge in [0.2, 0.25) is 0 Å². The summed E-state index contributed by atoms with van der Waals surface area (Å²) in [6.07, 6.45) is 1.94. The van der Waals surface area contributed by atoms with E-state index >= 15 is 0 Å². The van der Waals surface area contributed by atoms with E-state index in [0.717, 1.165) is 5.57 Å². The van der Waals surface area contributed by atoms with Crippen molar-refractivity contribution in [2.45, 2.75) is 46.5 Å². The Morgan fingerprint density at radius 3 is 2.14 bits per heavy atom. The Hall–Kier alpha value is -0.380. The number of hydrogen-bond acceptors (Lipinski definition) is 3. The zero-order valence-corrected chi connectivity index (χ0v) is 9.62. The Bertz CT molecular complexity index is 158. The summed E-state index contributed by atoms with van der Waals surface area (Å²) in [5.74, 6) is 0. The highest BCUT2D eigenvalue weighted by Crippen LogP contribution is 2.10. The standard InChI is InChI=1S/C11H22O3/c1-5-13-11(14-6-2)8-9(3)7-10(4)12/h7,10-12H,5-6,8H2,1-4H3/b9-7+/t10-/m1/s1. The summed E-state index contributed by atoms with van der Waals surface area (Å²) in [4.78, 5) is 0. The van der Waals surface area contributed by atoms with Crippen molar-refractivity contribution >= 4 is 0 Å². The largest absolute Gasteiger partial charge is 0.389 e. The third-order valence-electron chi connectivity index (χ3n) is 1.72. The van der Waals surface area contributed by atoms with E-state index in [2.05, 4.69) is 0 Å². The SMILES string of the molecule is CCOC(C/C(C)=C/[C@@H](C)O)OCC. The molecule has 84 valence electrons. The molecular formula is C11H22O3. The number of hydrogen-bond donors (Lipinski definition) is 1. The van der Waals surface area contributed by atoms with Gasteiger partial charge >= 0.3 is 0 Å². The van der Waals surface area contributed by atoms with Crippen LogP contribution in [-0.4, -0.2) is 30.7 Å². The second kappa shape index (κ2) is 7.97. The van der Waals surface area contributed by atoms with Gasteiger partial charge in [-0.15, -0.1) is 0 Å². The van der Waals surface area contributed by atoms with Crippen LogP contribution in [0.1, 0.15) is 34.1 Å². The maximum Gasteiger partial charge on any atom is 0.161 e. The van der Waals surface area contributed by atoms with E-state index in [1.807, 2.05) is 26.8 Å². The van der Waals surface area contributed by atoms with E-state index in [4.69, 9.17) is 14.6 Å². The van der Waals surface area contributed by atoms with Crippen molar-refractivity contribution in [2.75, 3.05) is 13.2 Å². The van der Waals surface area contributed by atoms with Crippen LogP contribution in [0.2, 0.25) is 0 Å². The molecule has 0 rings (SSSR count). The Balaban J connectivity index is 4.00. The van der Waals surface area contributed by atoms with E-state index in [1.165, 1.54) is 0 Å². The predicted octanol–water partition coefficient (Wildman–Crippen LogP) is 2.10. The van der Waals surface area contributed by atoms with Crippen molar-refractivity contribution in [3.05, 3.63) is 11.6 Å². The highest BCUT2D eigenvalue weighted by molar-refractivity contribution is 5.01. The van der Waals surface area contributed by atoms with Gasteiger partial charge in [-0.2, -0.15) is 0 Å². The van der Waals surface area contributed by atoms with Gasteiger partial charge in [-0.1, -0.05) is 11.6 Å². The smallest absolute Gasteiger partial charge is 0.161 e. The molecule has 0 heterocycles. The van der Waals surface area contributed by atoms with Gasteiger partial charge in [0.1, 0.15) is 0 Å². The number of ether oxygens (including phenoxy) is 2. The summed E-state index contributed by atoms with van der Waals surface area (Å²) in [7, 11) is 0. The molecule has 0 radical (unpaired) electrons. The first-order valence-corrected chi connectivity index (χ1v) is 5.18. The summed E-state index contributed by atoms with van der Waals surface area (Å²) in [6, 6.07) is 0. The molecule has 0 saturated heterocycles. The maximum absolute atomic E-state index is 9.14. The lowest BCUT2D eigenvalue weighted by Gasteiger charge is -2.17. The van der Waals surface area contributed by atoms with Gasteiger partial charge in [-0.25, -0.2) is 0 Å². The average molecular weight is 202 g/mol. The highest BCUT2D eigenvalue weighted by atomic mass is 16.7. The quantitative estimate of drug-likeness (QED) is 0.507. The van der Waals surface area contributed by atoms with Crippen LogP contribution in [0.5, 0.6) is 0 Å². The second-order valence-electron chi connectivity index (χ2n) is 3.30. The molecule has 0 spiro atoms. The summed E-state index contributed by atoms with van der Waals surface area (Å²) < 4.78 is 10.8. The fraction of sp³-hybridized carbons (Fsp3) is 0.818. The van der Waals surface area contributed by atoms with Gasteiger partial charge in [0.15, 0.2) is 6.29 Å². The minimum absolute atomic E-state index is 0.181. The van der Waals surface area contributed by atoms with Gasteiger partial charge in [-0.05, 0) is 27.7 Å². The molecule has 1 atom stereocenters. The fourth-order valence-electron chi connectivity index (χ4n) is 1.28. The first-order valence-electron chi connectivity index (χ1n) is 5.18. The molecule has 0 aliphatic carbocycles. The van der Waals surface area contributed by atoms with Crippen molar-refractivity contribution in [3.63, 3.8) is 0 Å². The molecule has 3 heteroatoms. The lowest BCUT2D eigenvalue weighted by molar-refractivity contribution is -0.134. The molecule has 0 amide bonds. The molecule has 0 aliphatic heterocycles. The Kier molecular flexibility index (Phi) is 7.76. The maximum atomic E-state index is 9.14. The van der Waals surface area contributed by atoms with Crippen molar-refractivity contribution in [1.29, 1.82) is 0 Å². The van der Waals surface area contributed by atoms with Crippen LogP contribution in [0, 0.1) is 0 Å². The fourth-order valence-corrected chi connectivity index (χ4v) is 1.28. The summed E-state index contributed by atoms with van der Waals surface area (Å²) in [6.45, 7) is 8.89. The third kappa shape index (κ3) is 7.06. The summed E-state index contributed by atoms with van der Waals surface area (Å²) >= 11 is 0. The lowest BCUT2D eigenvalue weighted by atomic mass is 10.1. The Morgan fingerprint density at radius 2 is 1.79 bits per heavy atom. The minimum Gasteiger partial charge on any atom is -0.389 e. The Morgan fingerprint density at radius 1 is 1.29 bits per heavy atom. The van der Waals surface area contributed by atoms with Gasteiger partial charge in [0.05, 0.1) is 6.10 Å². The molecule has 0 aromatic heterocycles. The minimum atomic E-state index is -0.404. The van der Waals surface area contributed by atoms with Crippen LogP contribution in [0.15, 0.2) is 11.6 Å². The number of rotatable bonds is 7. The monoisotopic (exact) mass is 202 g/mol. The zero-order chi connectivity index (χ0) is 11.0. The molecule has 0 unspecified atom stereocenters. The van der Waals surface area contributed by atoms with Crippen LogP contribution in [0.25, 0.3) is 0 Å². The topological polar surface area (TPSA) is 38.7 Å². The predicted molar refractivity (Wildman–Crippen MR) is 57.1 cm³/mol. The number of aliphatic hydroxyl groups excluding tert-OH is 1. The van der Waals surface area contributed by atoms with E-state index in [1.54, 1.807) is 6.92 Å².